The normalized spacial score (nSPS) is 45.6. The van der Waals surface area contributed by atoms with Crippen LogP contribution in [0, 0.1) is 5.41 Å². The van der Waals surface area contributed by atoms with Crippen molar-refractivity contribution in [2.75, 3.05) is 6.61 Å². The number of ether oxygens (including phenoxy) is 1. The molecule has 0 aromatic rings. The Kier molecular flexibility index (Phi) is 1.13. The van der Waals surface area contributed by atoms with E-state index in [0.29, 0.717) is 25.9 Å². The molecular formula is C8H11FO2. The minimum Gasteiger partial charge on any atom is -0.466 e. The number of hydrogen-bond acceptors (Lipinski definition) is 2. The summed E-state index contributed by atoms with van der Waals surface area (Å²) in [5, 5.41) is 0. The fraction of sp³-hybridized carbons (Fsp3) is 0.875. The maximum atomic E-state index is 12.9. The van der Waals surface area contributed by atoms with Crippen molar-refractivity contribution in [2.24, 2.45) is 5.41 Å². The Hall–Kier alpha value is -0.600. The molecule has 2 bridgehead atoms. The van der Waals surface area contributed by atoms with Crippen molar-refractivity contribution < 1.29 is 13.9 Å². The van der Waals surface area contributed by atoms with Crippen molar-refractivity contribution in [2.45, 2.75) is 31.9 Å². The van der Waals surface area contributed by atoms with Crippen LogP contribution in [0.25, 0.3) is 0 Å². The lowest BCUT2D eigenvalue weighted by Crippen LogP contribution is -2.68. The second-order valence-corrected chi connectivity index (χ2v) is 3.68. The Morgan fingerprint density at radius 1 is 1.55 bits per heavy atom. The van der Waals surface area contributed by atoms with Crippen LogP contribution < -0.4 is 0 Å². The summed E-state index contributed by atoms with van der Waals surface area (Å²) in [6.07, 6.45) is 1.20. The third-order valence-electron chi connectivity index (χ3n) is 2.67. The molecule has 62 valence electrons. The molecule has 0 unspecified atom stereocenters. The summed E-state index contributed by atoms with van der Waals surface area (Å²) in [6.45, 7) is 2.18. The standard InChI is InChI=1S/C8H11FO2/c1-2-11-6(10)7-3-8(9,4-7)5-7/h2-5H2,1H3. The number of alkyl halides is 1. The van der Waals surface area contributed by atoms with E-state index in [0.717, 1.165) is 0 Å². The molecule has 2 nitrogen and oxygen atoms in total. The van der Waals surface area contributed by atoms with Crippen molar-refractivity contribution in [3.63, 3.8) is 0 Å². The lowest BCUT2D eigenvalue weighted by Gasteiger charge is -2.63. The van der Waals surface area contributed by atoms with Crippen LogP contribution in [0.4, 0.5) is 4.39 Å². The largest absolute Gasteiger partial charge is 0.466 e. The minimum atomic E-state index is -0.993. The van der Waals surface area contributed by atoms with Gasteiger partial charge in [0.15, 0.2) is 0 Å². The van der Waals surface area contributed by atoms with Gasteiger partial charge >= 0.3 is 5.97 Å². The number of hydrogen-bond donors (Lipinski definition) is 0. The zero-order valence-corrected chi connectivity index (χ0v) is 6.52. The molecule has 0 heterocycles. The van der Waals surface area contributed by atoms with Crippen LogP contribution in [-0.2, 0) is 9.53 Å². The van der Waals surface area contributed by atoms with E-state index in [1.807, 2.05) is 0 Å². The molecule has 11 heavy (non-hydrogen) atoms. The Morgan fingerprint density at radius 2 is 2.09 bits per heavy atom. The molecule has 0 aromatic carbocycles. The fourth-order valence-corrected chi connectivity index (χ4v) is 2.16. The second kappa shape index (κ2) is 1.76. The molecule has 3 fully saturated rings. The topological polar surface area (TPSA) is 26.3 Å². The molecule has 3 heteroatoms. The maximum Gasteiger partial charge on any atom is 0.312 e. The van der Waals surface area contributed by atoms with E-state index in [1.165, 1.54) is 0 Å². The smallest absolute Gasteiger partial charge is 0.312 e. The van der Waals surface area contributed by atoms with Crippen LogP contribution in [0.2, 0.25) is 0 Å². The average molecular weight is 158 g/mol. The van der Waals surface area contributed by atoms with Crippen molar-refractivity contribution in [3.8, 4) is 0 Å². The van der Waals surface area contributed by atoms with Gasteiger partial charge in [-0.1, -0.05) is 0 Å². The number of rotatable bonds is 2. The van der Waals surface area contributed by atoms with Gasteiger partial charge in [0.25, 0.3) is 0 Å². The van der Waals surface area contributed by atoms with E-state index in [9.17, 15) is 9.18 Å². The number of halogens is 1. The summed E-state index contributed by atoms with van der Waals surface area (Å²) in [6, 6.07) is 0. The van der Waals surface area contributed by atoms with Gasteiger partial charge in [0.1, 0.15) is 5.67 Å². The summed E-state index contributed by atoms with van der Waals surface area (Å²) >= 11 is 0. The summed E-state index contributed by atoms with van der Waals surface area (Å²) in [5.41, 5.74) is -1.39. The number of carbonyl (C=O) groups excluding carboxylic acids is 1. The van der Waals surface area contributed by atoms with Gasteiger partial charge < -0.3 is 4.74 Å². The molecule has 3 aliphatic carbocycles. The van der Waals surface area contributed by atoms with Gasteiger partial charge in [-0.15, -0.1) is 0 Å². The zero-order valence-electron chi connectivity index (χ0n) is 6.52. The van der Waals surface area contributed by atoms with Crippen LogP contribution in [0.15, 0.2) is 0 Å². The summed E-state index contributed by atoms with van der Waals surface area (Å²) < 4.78 is 17.7. The quantitative estimate of drug-likeness (QED) is 0.568. The maximum absolute atomic E-state index is 12.9. The first-order chi connectivity index (χ1) is 5.10. The van der Waals surface area contributed by atoms with Gasteiger partial charge in [-0.05, 0) is 26.2 Å². The van der Waals surface area contributed by atoms with Gasteiger partial charge in [-0.2, -0.15) is 0 Å². The summed E-state index contributed by atoms with van der Waals surface area (Å²) in [5.74, 6) is -0.195. The Morgan fingerprint density at radius 3 is 2.45 bits per heavy atom. The number of esters is 1. The highest BCUT2D eigenvalue weighted by atomic mass is 19.1. The lowest BCUT2D eigenvalue weighted by molar-refractivity contribution is -0.231. The summed E-state index contributed by atoms with van der Waals surface area (Å²) in [4.78, 5) is 11.1. The van der Waals surface area contributed by atoms with Gasteiger partial charge in [-0.25, -0.2) is 4.39 Å². The highest BCUT2D eigenvalue weighted by molar-refractivity contribution is 5.81. The molecule has 3 rings (SSSR count). The predicted molar refractivity (Wildman–Crippen MR) is 36.8 cm³/mol. The molecule has 0 saturated heterocycles. The molecule has 0 amide bonds. The molecular weight excluding hydrogens is 147 g/mol. The van der Waals surface area contributed by atoms with Crippen molar-refractivity contribution >= 4 is 5.97 Å². The molecule has 0 spiro atoms. The SMILES string of the molecule is CCOC(=O)C12CC(F)(C1)C2. The van der Waals surface area contributed by atoms with Gasteiger partial charge in [0, 0.05) is 0 Å². The lowest BCUT2D eigenvalue weighted by atomic mass is 9.42. The first-order valence-corrected chi connectivity index (χ1v) is 3.96. The third-order valence-corrected chi connectivity index (χ3v) is 2.67. The van der Waals surface area contributed by atoms with Crippen LogP contribution in [0.3, 0.4) is 0 Å². The van der Waals surface area contributed by atoms with E-state index in [4.69, 9.17) is 4.74 Å². The van der Waals surface area contributed by atoms with E-state index >= 15 is 0 Å². The third kappa shape index (κ3) is 0.739. The zero-order chi connectivity index (χ0) is 8.11. The molecule has 0 aliphatic heterocycles. The predicted octanol–water partition coefficient (Wildman–Crippen LogP) is 1.44. The van der Waals surface area contributed by atoms with Crippen molar-refractivity contribution in [1.82, 2.24) is 0 Å². The Labute approximate surface area is 64.7 Å². The van der Waals surface area contributed by atoms with Gasteiger partial charge in [0.2, 0.25) is 0 Å². The first kappa shape index (κ1) is 7.07. The molecule has 0 N–H and O–H groups in total. The molecule has 0 aromatic heterocycles. The minimum absolute atomic E-state index is 0.195. The Bertz CT molecular complexity index is 192. The summed E-state index contributed by atoms with van der Waals surface area (Å²) in [7, 11) is 0. The second-order valence-electron chi connectivity index (χ2n) is 3.68. The number of carbonyl (C=O) groups is 1. The Balaban J connectivity index is 1.94. The van der Waals surface area contributed by atoms with Gasteiger partial charge in [-0.3, -0.25) is 4.79 Å². The van der Waals surface area contributed by atoms with E-state index in [2.05, 4.69) is 0 Å². The fourth-order valence-electron chi connectivity index (χ4n) is 2.16. The molecule has 0 radical (unpaired) electrons. The first-order valence-electron chi connectivity index (χ1n) is 3.96. The molecule has 3 saturated carbocycles. The van der Waals surface area contributed by atoms with Crippen LogP contribution in [-0.4, -0.2) is 18.2 Å². The average Bonchev–Trinajstić information content (AvgIpc) is 1.79. The van der Waals surface area contributed by atoms with E-state index in [1.54, 1.807) is 6.92 Å². The van der Waals surface area contributed by atoms with E-state index in [-0.39, 0.29) is 5.97 Å². The van der Waals surface area contributed by atoms with Gasteiger partial charge in [0.05, 0.1) is 12.0 Å². The van der Waals surface area contributed by atoms with Crippen LogP contribution in [0.1, 0.15) is 26.2 Å². The van der Waals surface area contributed by atoms with Crippen LogP contribution in [0.5, 0.6) is 0 Å². The highest BCUT2D eigenvalue weighted by Crippen LogP contribution is 2.69. The highest BCUT2D eigenvalue weighted by Gasteiger charge is 2.73. The monoisotopic (exact) mass is 158 g/mol. The van der Waals surface area contributed by atoms with Crippen molar-refractivity contribution in [1.29, 1.82) is 0 Å². The van der Waals surface area contributed by atoms with Crippen LogP contribution >= 0.6 is 0 Å². The van der Waals surface area contributed by atoms with E-state index < -0.39 is 11.1 Å². The molecule has 3 aliphatic rings. The van der Waals surface area contributed by atoms with Crippen molar-refractivity contribution in [3.05, 3.63) is 0 Å². The molecule has 0 atom stereocenters.